The van der Waals surface area contributed by atoms with E-state index in [0.717, 1.165) is 70.6 Å². The number of rotatable bonds is 6. The van der Waals surface area contributed by atoms with Crippen molar-refractivity contribution >= 4 is 17.7 Å². The lowest BCUT2D eigenvalue weighted by Crippen LogP contribution is -2.60. The van der Waals surface area contributed by atoms with Gasteiger partial charge in [-0.25, -0.2) is 0 Å². The lowest BCUT2D eigenvalue weighted by Gasteiger charge is -2.43. The lowest BCUT2D eigenvalue weighted by molar-refractivity contribution is -0.150. The van der Waals surface area contributed by atoms with Crippen LogP contribution in [-0.4, -0.2) is 148 Å². The summed E-state index contributed by atoms with van der Waals surface area (Å²) in [6, 6.07) is 8.02. The summed E-state index contributed by atoms with van der Waals surface area (Å²) < 4.78 is 16.7. The van der Waals surface area contributed by atoms with E-state index in [4.69, 9.17) is 14.2 Å². The van der Waals surface area contributed by atoms with Crippen molar-refractivity contribution in [2.75, 3.05) is 86.4 Å². The van der Waals surface area contributed by atoms with Gasteiger partial charge in [0.25, 0.3) is 0 Å². The van der Waals surface area contributed by atoms with Crippen molar-refractivity contribution in [3.63, 3.8) is 0 Å². The van der Waals surface area contributed by atoms with Crippen LogP contribution in [0.3, 0.4) is 0 Å². The number of carbonyl (C=O) groups excluding carboxylic acids is 3. The number of carbonyl (C=O) groups is 3. The summed E-state index contributed by atoms with van der Waals surface area (Å²) in [5.41, 5.74) is 1.18. The highest BCUT2D eigenvalue weighted by Crippen LogP contribution is 2.24. The molecule has 4 aliphatic heterocycles. The predicted molar refractivity (Wildman–Crippen MR) is 170 cm³/mol. The van der Waals surface area contributed by atoms with Crippen molar-refractivity contribution < 1.29 is 28.6 Å². The van der Waals surface area contributed by atoms with E-state index in [-0.39, 0.29) is 49.6 Å². The fourth-order valence-corrected chi connectivity index (χ4v) is 7.07. The van der Waals surface area contributed by atoms with Crippen LogP contribution in [0.4, 0.5) is 0 Å². The van der Waals surface area contributed by atoms with Gasteiger partial charge in [-0.2, -0.15) is 0 Å². The van der Waals surface area contributed by atoms with Gasteiger partial charge in [-0.1, -0.05) is 12.1 Å². The highest BCUT2D eigenvalue weighted by atomic mass is 16.5. The highest BCUT2D eigenvalue weighted by Gasteiger charge is 2.39. The molecular weight excluding hydrogens is 576 g/mol. The van der Waals surface area contributed by atoms with Crippen LogP contribution in [-0.2, 0) is 30.4 Å². The van der Waals surface area contributed by atoms with Gasteiger partial charge in [0.1, 0.15) is 24.9 Å². The number of ether oxygens (including phenoxy) is 3. The van der Waals surface area contributed by atoms with Crippen molar-refractivity contribution in [2.45, 2.75) is 69.2 Å². The van der Waals surface area contributed by atoms with Crippen LogP contribution in [0.2, 0.25) is 0 Å². The molecule has 0 spiro atoms. The van der Waals surface area contributed by atoms with Gasteiger partial charge in [-0.15, -0.1) is 0 Å². The molecule has 1 aromatic rings. The molecular formula is C33H52N6O6. The SMILES string of the molecule is COc1cccc(CN2CCC(N3CC(=O)N4CC[C@@H](NC5CCN(C)CC5)C[C@H]4C(=O)NCCOCCOCC3=O)CC2)c1. The fraction of sp³-hybridized carbons (Fsp3) is 0.727. The molecule has 4 saturated heterocycles. The van der Waals surface area contributed by atoms with Crippen LogP contribution in [0.15, 0.2) is 24.3 Å². The van der Waals surface area contributed by atoms with E-state index in [1.807, 2.05) is 12.1 Å². The maximum Gasteiger partial charge on any atom is 0.249 e. The van der Waals surface area contributed by atoms with Gasteiger partial charge < -0.3 is 39.5 Å². The molecule has 0 bridgehead atoms. The highest BCUT2D eigenvalue weighted by molar-refractivity contribution is 5.90. The zero-order chi connectivity index (χ0) is 31.6. The summed E-state index contributed by atoms with van der Waals surface area (Å²) in [5, 5.41) is 6.78. The van der Waals surface area contributed by atoms with Crippen LogP contribution in [0, 0.1) is 0 Å². The topological polar surface area (TPSA) is 116 Å². The monoisotopic (exact) mass is 628 g/mol. The Kier molecular flexibility index (Phi) is 12.5. The number of nitrogens with zero attached hydrogens (tertiary/aromatic N) is 4. The predicted octanol–water partition coefficient (Wildman–Crippen LogP) is 0.695. The van der Waals surface area contributed by atoms with E-state index in [9.17, 15) is 14.4 Å². The lowest BCUT2D eigenvalue weighted by atomic mass is 9.93. The van der Waals surface area contributed by atoms with Gasteiger partial charge in [0.05, 0.1) is 26.9 Å². The molecule has 0 aromatic heterocycles. The molecule has 0 radical (unpaired) electrons. The Bertz CT molecular complexity index is 1120. The van der Waals surface area contributed by atoms with Crippen molar-refractivity contribution in [3.05, 3.63) is 29.8 Å². The third kappa shape index (κ3) is 9.62. The van der Waals surface area contributed by atoms with E-state index in [2.05, 4.69) is 39.6 Å². The normalized spacial score (nSPS) is 26.6. The molecule has 5 rings (SSSR count). The van der Waals surface area contributed by atoms with Gasteiger partial charge in [0.15, 0.2) is 0 Å². The minimum absolute atomic E-state index is 0.0456. The number of likely N-dealkylation sites (tertiary alicyclic amines) is 2. The summed E-state index contributed by atoms with van der Waals surface area (Å²) in [4.78, 5) is 49.1. The van der Waals surface area contributed by atoms with Crippen molar-refractivity contribution in [1.29, 1.82) is 0 Å². The standard InChI is InChI=1S/C33H52N6O6/c1-36-12-6-26(7-13-36)35-27-8-16-38-30(21-27)33(42)34-11-17-44-18-19-45-24-32(41)39(23-31(38)40)28-9-14-37(15-10-28)22-25-4-3-5-29(20-25)43-2/h3-5,20,26-28,30,35H,6-19,21-24H2,1-2H3,(H,34,42)/t27-,30+/m1/s1. The molecule has 0 saturated carbocycles. The molecule has 0 unspecified atom stereocenters. The zero-order valence-corrected chi connectivity index (χ0v) is 27.1. The summed E-state index contributed by atoms with van der Waals surface area (Å²) in [7, 11) is 3.82. The second-order valence-electron chi connectivity index (χ2n) is 12.9. The number of nitrogens with one attached hydrogen (secondary N) is 2. The van der Waals surface area contributed by atoms with Crippen LogP contribution in [0.25, 0.3) is 0 Å². The second kappa shape index (κ2) is 16.7. The number of hydrogen-bond acceptors (Lipinski definition) is 9. The Balaban J connectivity index is 1.24. The Morgan fingerprint density at radius 3 is 2.42 bits per heavy atom. The van der Waals surface area contributed by atoms with Gasteiger partial charge in [-0.3, -0.25) is 19.3 Å². The van der Waals surface area contributed by atoms with Crippen molar-refractivity contribution in [2.24, 2.45) is 0 Å². The fourth-order valence-electron chi connectivity index (χ4n) is 7.07. The van der Waals surface area contributed by atoms with E-state index in [1.54, 1.807) is 16.9 Å². The average Bonchev–Trinajstić information content (AvgIpc) is 3.06. The maximum absolute atomic E-state index is 14.0. The molecule has 4 heterocycles. The maximum atomic E-state index is 14.0. The summed E-state index contributed by atoms with van der Waals surface area (Å²) in [6.45, 7) is 6.22. The van der Waals surface area contributed by atoms with Crippen LogP contribution in [0.1, 0.15) is 44.1 Å². The van der Waals surface area contributed by atoms with Crippen LogP contribution in [0.5, 0.6) is 5.75 Å². The number of fused-ring (bicyclic) bond motifs is 1. The molecule has 4 fully saturated rings. The second-order valence-corrected chi connectivity index (χ2v) is 12.9. The first kappa shape index (κ1) is 33.6. The molecule has 4 aliphatic rings. The molecule has 3 amide bonds. The van der Waals surface area contributed by atoms with Gasteiger partial charge >= 0.3 is 0 Å². The number of amides is 3. The molecule has 250 valence electrons. The Morgan fingerprint density at radius 2 is 1.64 bits per heavy atom. The summed E-state index contributed by atoms with van der Waals surface area (Å²) in [5.74, 6) is 0.319. The molecule has 1 aromatic carbocycles. The summed E-state index contributed by atoms with van der Waals surface area (Å²) in [6.07, 6.45) is 5.04. The minimum atomic E-state index is -0.585. The number of hydrogen-bond donors (Lipinski definition) is 2. The smallest absolute Gasteiger partial charge is 0.249 e. The molecule has 2 N–H and O–H groups in total. The molecule has 12 heteroatoms. The third-order valence-corrected chi connectivity index (χ3v) is 9.72. The Morgan fingerprint density at radius 1 is 0.889 bits per heavy atom. The van der Waals surface area contributed by atoms with E-state index in [1.165, 1.54) is 5.56 Å². The number of benzene rings is 1. The van der Waals surface area contributed by atoms with Crippen molar-refractivity contribution in [1.82, 2.24) is 30.2 Å². The minimum Gasteiger partial charge on any atom is -0.497 e. The molecule has 45 heavy (non-hydrogen) atoms. The zero-order valence-electron chi connectivity index (χ0n) is 27.1. The first-order valence-electron chi connectivity index (χ1n) is 16.7. The first-order valence-corrected chi connectivity index (χ1v) is 16.7. The first-order chi connectivity index (χ1) is 21.9. The van der Waals surface area contributed by atoms with Crippen LogP contribution < -0.4 is 15.4 Å². The van der Waals surface area contributed by atoms with Gasteiger partial charge in [0.2, 0.25) is 17.7 Å². The van der Waals surface area contributed by atoms with E-state index >= 15 is 0 Å². The Labute approximate surface area is 267 Å². The quantitative estimate of drug-likeness (QED) is 0.470. The largest absolute Gasteiger partial charge is 0.497 e. The van der Waals surface area contributed by atoms with Crippen molar-refractivity contribution in [3.8, 4) is 5.75 Å². The van der Waals surface area contributed by atoms with Crippen LogP contribution >= 0.6 is 0 Å². The Hall–Kier alpha value is -2.77. The number of piperidine rings is 3. The summed E-state index contributed by atoms with van der Waals surface area (Å²) >= 11 is 0. The van der Waals surface area contributed by atoms with Gasteiger partial charge in [0, 0.05) is 50.8 Å². The third-order valence-electron chi connectivity index (χ3n) is 9.72. The number of methoxy groups -OCH3 is 1. The average molecular weight is 629 g/mol. The van der Waals surface area contributed by atoms with E-state index in [0.29, 0.717) is 38.8 Å². The molecule has 0 aliphatic carbocycles. The van der Waals surface area contributed by atoms with E-state index < -0.39 is 6.04 Å². The molecule has 12 nitrogen and oxygen atoms in total. The molecule has 2 atom stereocenters. The van der Waals surface area contributed by atoms with Gasteiger partial charge in [-0.05, 0) is 76.4 Å².